The number of halogens is 2. The molecule has 0 bridgehead atoms. The fourth-order valence-electron chi connectivity index (χ4n) is 2.31. The molecule has 0 atom stereocenters. The molecule has 0 saturated carbocycles. The molecule has 1 aliphatic rings. The zero-order valence-corrected chi connectivity index (χ0v) is 15.7. The van der Waals surface area contributed by atoms with Gasteiger partial charge in [0, 0.05) is 13.1 Å². The van der Waals surface area contributed by atoms with Gasteiger partial charge in [-0.1, -0.05) is 23.2 Å². The fraction of sp³-hybridized carbons (Fsp3) is 0.467. The summed E-state index contributed by atoms with van der Waals surface area (Å²) in [6, 6.07) is 3.78. The Balaban J connectivity index is 1.82. The lowest BCUT2D eigenvalue weighted by Gasteiger charge is -2.26. The first-order chi connectivity index (χ1) is 11.8. The number of carbonyl (C=O) groups is 2. The minimum atomic E-state index is -3.94. The lowest BCUT2D eigenvalue weighted by atomic mass is 10.1. The molecule has 25 heavy (non-hydrogen) atoms. The Kier molecular flexibility index (Phi) is 7.06. The Labute approximate surface area is 156 Å². The van der Waals surface area contributed by atoms with Crippen LogP contribution >= 0.6 is 23.2 Å². The molecule has 1 amide bonds. The van der Waals surface area contributed by atoms with Crippen LogP contribution in [0.5, 0.6) is 0 Å². The van der Waals surface area contributed by atoms with Gasteiger partial charge in [-0.2, -0.15) is 4.72 Å². The lowest BCUT2D eigenvalue weighted by molar-refractivity contribution is -0.151. The second-order valence-corrected chi connectivity index (χ2v) is 8.08. The minimum Gasteiger partial charge on any atom is -0.455 e. The highest BCUT2D eigenvalue weighted by Gasteiger charge is 2.20. The van der Waals surface area contributed by atoms with E-state index in [1.54, 1.807) is 4.90 Å². The average molecular weight is 409 g/mol. The van der Waals surface area contributed by atoms with Gasteiger partial charge < -0.3 is 9.64 Å². The van der Waals surface area contributed by atoms with Gasteiger partial charge in [-0.05, 0) is 37.5 Å². The number of hydrogen-bond acceptors (Lipinski definition) is 5. The van der Waals surface area contributed by atoms with E-state index in [0.29, 0.717) is 13.1 Å². The van der Waals surface area contributed by atoms with E-state index in [-0.39, 0.29) is 20.8 Å². The Hall–Kier alpha value is -1.35. The molecule has 1 aromatic carbocycles. The van der Waals surface area contributed by atoms with Crippen LogP contribution < -0.4 is 4.72 Å². The van der Waals surface area contributed by atoms with Gasteiger partial charge in [-0.25, -0.2) is 8.42 Å². The summed E-state index contributed by atoms with van der Waals surface area (Å²) in [5, 5.41) is 0.301. The molecule has 1 fully saturated rings. The monoisotopic (exact) mass is 408 g/mol. The molecular formula is C15H18Cl2N2O5S. The normalized spacial score (nSPS) is 15.0. The maximum absolute atomic E-state index is 12.1. The standard InChI is InChI=1S/C15H18Cl2N2O5S/c16-12-5-4-11(8-13(12)17)25(22,23)18-9-15(21)24-10-14(20)19-6-2-1-3-7-19/h4-5,8,18H,1-3,6-7,9-10H2. The van der Waals surface area contributed by atoms with Gasteiger partial charge in [-0.3, -0.25) is 9.59 Å². The van der Waals surface area contributed by atoms with Crippen LogP contribution in [0, 0.1) is 0 Å². The zero-order valence-electron chi connectivity index (χ0n) is 13.3. The van der Waals surface area contributed by atoms with E-state index in [1.807, 2.05) is 0 Å². The molecule has 10 heteroatoms. The van der Waals surface area contributed by atoms with E-state index < -0.39 is 29.1 Å². The number of sulfonamides is 1. The Morgan fingerprint density at radius 3 is 2.44 bits per heavy atom. The quantitative estimate of drug-likeness (QED) is 0.724. The summed E-state index contributed by atoms with van der Waals surface area (Å²) in [5.74, 6) is -1.12. The molecule has 1 saturated heterocycles. The maximum atomic E-state index is 12.1. The van der Waals surface area contributed by atoms with Gasteiger partial charge in [0.25, 0.3) is 5.91 Å². The average Bonchev–Trinajstić information content (AvgIpc) is 2.61. The van der Waals surface area contributed by atoms with Gasteiger partial charge in [-0.15, -0.1) is 0 Å². The summed E-state index contributed by atoms with van der Waals surface area (Å²) in [6.45, 7) is 0.323. The van der Waals surface area contributed by atoms with Crippen LogP contribution in [-0.4, -0.2) is 51.4 Å². The first-order valence-electron chi connectivity index (χ1n) is 7.68. The number of nitrogens with zero attached hydrogens (tertiary/aromatic N) is 1. The largest absolute Gasteiger partial charge is 0.455 e. The molecule has 7 nitrogen and oxygen atoms in total. The third-order valence-electron chi connectivity index (χ3n) is 3.67. The lowest BCUT2D eigenvalue weighted by Crippen LogP contribution is -2.39. The number of hydrogen-bond donors (Lipinski definition) is 1. The maximum Gasteiger partial charge on any atom is 0.321 e. The molecule has 1 N–H and O–H groups in total. The predicted octanol–water partition coefficient (Wildman–Crippen LogP) is 1.83. The number of nitrogens with one attached hydrogen (secondary N) is 1. The number of amides is 1. The smallest absolute Gasteiger partial charge is 0.321 e. The van der Waals surface area contributed by atoms with Gasteiger partial charge in [0.2, 0.25) is 10.0 Å². The van der Waals surface area contributed by atoms with Gasteiger partial charge in [0.05, 0.1) is 14.9 Å². The molecule has 0 aliphatic carbocycles. The van der Waals surface area contributed by atoms with Crippen molar-refractivity contribution >= 4 is 45.1 Å². The number of piperidine rings is 1. The topological polar surface area (TPSA) is 92.8 Å². The Morgan fingerprint density at radius 1 is 1.12 bits per heavy atom. The number of benzene rings is 1. The van der Waals surface area contributed by atoms with Crippen LogP contribution in [0.3, 0.4) is 0 Å². The van der Waals surface area contributed by atoms with Crippen molar-refractivity contribution in [3.8, 4) is 0 Å². The highest BCUT2D eigenvalue weighted by molar-refractivity contribution is 7.89. The molecule has 0 radical (unpaired) electrons. The summed E-state index contributed by atoms with van der Waals surface area (Å²) in [6.07, 6.45) is 2.95. The van der Waals surface area contributed by atoms with Crippen LogP contribution in [-0.2, 0) is 24.3 Å². The van der Waals surface area contributed by atoms with Crippen LogP contribution in [0.1, 0.15) is 19.3 Å². The number of carbonyl (C=O) groups excluding carboxylic acids is 2. The van der Waals surface area contributed by atoms with Crippen molar-refractivity contribution in [2.24, 2.45) is 0 Å². The summed E-state index contributed by atoms with van der Waals surface area (Å²) < 4.78 is 31.1. The van der Waals surface area contributed by atoms with Crippen molar-refractivity contribution in [2.45, 2.75) is 24.2 Å². The molecule has 0 aromatic heterocycles. The summed E-state index contributed by atoms with van der Waals surface area (Å²) >= 11 is 11.5. The second kappa shape index (κ2) is 8.84. The van der Waals surface area contributed by atoms with Crippen LogP contribution in [0.15, 0.2) is 23.1 Å². The summed E-state index contributed by atoms with van der Waals surface area (Å²) in [7, 11) is -3.94. The third-order valence-corrected chi connectivity index (χ3v) is 5.81. The summed E-state index contributed by atoms with van der Waals surface area (Å²) in [5.41, 5.74) is 0. The SMILES string of the molecule is O=C(CNS(=O)(=O)c1ccc(Cl)c(Cl)c1)OCC(=O)N1CCCCC1. The van der Waals surface area contributed by atoms with E-state index in [1.165, 1.54) is 18.2 Å². The first-order valence-corrected chi connectivity index (χ1v) is 9.91. The van der Waals surface area contributed by atoms with Crippen molar-refractivity contribution in [1.29, 1.82) is 0 Å². The first kappa shape index (κ1) is 20.0. The summed E-state index contributed by atoms with van der Waals surface area (Å²) in [4.78, 5) is 25.0. The third kappa shape index (κ3) is 5.85. The van der Waals surface area contributed by atoms with Crippen molar-refractivity contribution in [2.75, 3.05) is 26.2 Å². The predicted molar refractivity (Wildman–Crippen MR) is 93.0 cm³/mol. The van der Waals surface area contributed by atoms with E-state index in [0.717, 1.165) is 19.3 Å². The van der Waals surface area contributed by atoms with Crippen molar-refractivity contribution in [3.05, 3.63) is 28.2 Å². The second-order valence-electron chi connectivity index (χ2n) is 5.50. The molecule has 1 heterocycles. The molecule has 1 aromatic rings. The molecule has 0 unspecified atom stereocenters. The van der Waals surface area contributed by atoms with Crippen LogP contribution in [0.2, 0.25) is 10.0 Å². The van der Waals surface area contributed by atoms with E-state index in [9.17, 15) is 18.0 Å². The minimum absolute atomic E-state index is 0.0826. The van der Waals surface area contributed by atoms with Gasteiger partial charge in [0.15, 0.2) is 6.61 Å². The van der Waals surface area contributed by atoms with Crippen molar-refractivity contribution < 1.29 is 22.7 Å². The van der Waals surface area contributed by atoms with E-state index >= 15 is 0 Å². The molecule has 0 spiro atoms. The van der Waals surface area contributed by atoms with E-state index in [4.69, 9.17) is 27.9 Å². The fourth-order valence-corrected chi connectivity index (χ4v) is 3.67. The molecular weight excluding hydrogens is 391 g/mol. The van der Waals surface area contributed by atoms with Gasteiger partial charge >= 0.3 is 5.97 Å². The molecule has 1 aliphatic heterocycles. The van der Waals surface area contributed by atoms with E-state index in [2.05, 4.69) is 4.72 Å². The van der Waals surface area contributed by atoms with Gasteiger partial charge in [0.1, 0.15) is 6.54 Å². The Morgan fingerprint density at radius 2 is 1.80 bits per heavy atom. The number of likely N-dealkylation sites (tertiary alicyclic amines) is 1. The number of ether oxygens (including phenoxy) is 1. The number of esters is 1. The van der Waals surface area contributed by atoms with Crippen molar-refractivity contribution in [3.63, 3.8) is 0 Å². The van der Waals surface area contributed by atoms with Crippen LogP contribution in [0.25, 0.3) is 0 Å². The highest BCUT2D eigenvalue weighted by Crippen LogP contribution is 2.24. The molecule has 138 valence electrons. The number of rotatable bonds is 6. The highest BCUT2D eigenvalue weighted by atomic mass is 35.5. The molecule has 2 rings (SSSR count). The zero-order chi connectivity index (χ0) is 18.4. The Bertz CT molecular complexity index is 748. The van der Waals surface area contributed by atoms with Crippen molar-refractivity contribution in [1.82, 2.24) is 9.62 Å². The van der Waals surface area contributed by atoms with Crippen LogP contribution in [0.4, 0.5) is 0 Å².